The van der Waals surface area contributed by atoms with Crippen molar-refractivity contribution in [3.05, 3.63) is 0 Å². The number of nitrogens with zero attached hydrogens (tertiary/aromatic N) is 1. The molecule has 2 atom stereocenters. The van der Waals surface area contributed by atoms with Gasteiger partial charge in [-0.25, -0.2) is 0 Å². The molecule has 0 radical (unpaired) electrons. The normalized spacial score (nSPS) is 26.8. The zero-order valence-corrected chi connectivity index (χ0v) is 8.85. The van der Waals surface area contributed by atoms with Crippen molar-refractivity contribution >= 4 is 5.84 Å². The maximum absolute atomic E-state index is 12.6. The van der Waals surface area contributed by atoms with Gasteiger partial charge in [0.25, 0.3) is 0 Å². The monoisotopic (exact) mass is 222 g/mol. The lowest BCUT2D eigenvalue weighted by Crippen LogP contribution is -2.30. The molecule has 2 nitrogen and oxygen atoms in total. The summed E-state index contributed by atoms with van der Waals surface area (Å²) in [5.41, 5.74) is 5.37. The summed E-state index contributed by atoms with van der Waals surface area (Å²) in [6, 6.07) is -0.642. The predicted octanol–water partition coefficient (Wildman–Crippen LogP) is 2.87. The molecule has 0 aromatic rings. The largest absolute Gasteiger partial charge is 0.394 e. The fraction of sp³-hybridized carbons (Fsp3) is 0.900. The molecule has 0 bridgehead atoms. The third-order valence-electron chi connectivity index (χ3n) is 2.75. The number of unbranched alkanes of at least 4 members (excludes halogenated alkanes) is 2. The van der Waals surface area contributed by atoms with Crippen LogP contribution in [0.15, 0.2) is 4.99 Å². The van der Waals surface area contributed by atoms with Gasteiger partial charge >= 0.3 is 6.18 Å². The number of hydrogen-bond donors (Lipinski definition) is 1. The molecule has 15 heavy (non-hydrogen) atoms. The molecular formula is C10H17F3N2. The van der Waals surface area contributed by atoms with E-state index in [1.807, 2.05) is 6.92 Å². The molecule has 1 heterocycles. The lowest BCUT2D eigenvalue weighted by molar-refractivity contribution is -0.176. The molecule has 1 aliphatic rings. The van der Waals surface area contributed by atoms with Crippen molar-refractivity contribution in [3.63, 3.8) is 0 Å². The summed E-state index contributed by atoms with van der Waals surface area (Å²) in [6.07, 6.45) is -1.04. The molecule has 0 saturated heterocycles. The zero-order chi connectivity index (χ0) is 11.5. The van der Waals surface area contributed by atoms with Crippen LogP contribution >= 0.6 is 0 Å². The highest BCUT2D eigenvalue weighted by Gasteiger charge is 2.47. The van der Waals surface area contributed by atoms with Crippen molar-refractivity contribution in [2.45, 2.75) is 51.2 Å². The average molecular weight is 222 g/mol. The van der Waals surface area contributed by atoms with E-state index in [1.165, 1.54) is 0 Å². The molecule has 0 aliphatic carbocycles. The molecule has 88 valence electrons. The topological polar surface area (TPSA) is 38.4 Å². The van der Waals surface area contributed by atoms with Crippen LogP contribution in [0.1, 0.15) is 39.0 Å². The molecular weight excluding hydrogens is 205 g/mol. The van der Waals surface area contributed by atoms with E-state index in [2.05, 4.69) is 4.99 Å². The van der Waals surface area contributed by atoms with E-state index in [0.29, 0.717) is 6.42 Å². The van der Waals surface area contributed by atoms with Gasteiger partial charge in [-0.05, 0) is 6.42 Å². The van der Waals surface area contributed by atoms with Gasteiger partial charge in [0.2, 0.25) is 0 Å². The van der Waals surface area contributed by atoms with E-state index in [4.69, 9.17) is 5.73 Å². The van der Waals surface area contributed by atoms with E-state index in [-0.39, 0.29) is 12.3 Å². The van der Waals surface area contributed by atoms with Gasteiger partial charge in [-0.1, -0.05) is 26.2 Å². The molecule has 0 spiro atoms. The second-order valence-corrected chi connectivity index (χ2v) is 4.04. The minimum atomic E-state index is -4.17. The Morgan fingerprint density at radius 1 is 1.40 bits per heavy atom. The summed E-state index contributed by atoms with van der Waals surface area (Å²) in [6.45, 7) is 2.02. The van der Waals surface area contributed by atoms with Crippen LogP contribution in [-0.4, -0.2) is 18.1 Å². The lowest BCUT2D eigenvalue weighted by Gasteiger charge is -2.20. The molecule has 0 amide bonds. The number of halogens is 3. The molecule has 0 aromatic carbocycles. The summed E-state index contributed by atoms with van der Waals surface area (Å²) >= 11 is 0. The lowest BCUT2D eigenvalue weighted by atomic mass is 9.94. The Kier molecular flexibility index (Phi) is 3.99. The van der Waals surface area contributed by atoms with Crippen molar-refractivity contribution in [2.24, 2.45) is 16.6 Å². The van der Waals surface area contributed by atoms with Gasteiger partial charge < -0.3 is 5.73 Å². The second kappa shape index (κ2) is 4.86. The number of aliphatic imine (C=N–C) groups is 1. The minimum absolute atomic E-state index is 0.125. The van der Waals surface area contributed by atoms with Gasteiger partial charge in [0.1, 0.15) is 0 Å². The Hall–Kier alpha value is -0.740. The van der Waals surface area contributed by atoms with Gasteiger partial charge in [0.15, 0.2) is 0 Å². The van der Waals surface area contributed by atoms with Crippen molar-refractivity contribution < 1.29 is 13.2 Å². The number of nitrogens with two attached hydrogens (primary N) is 1. The van der Waals surface area contributed by atoms with Crippen molar-refractivity contribution in [2.75, 3.05) is 0 Å². The summed E-state index contributed by atoms with van der Waals surface area (Å²) in [4.78, 5) is 3.88. The van der Waals surface area contributed by atoms with Gasteiger partial charge in [0, 0.05) is 6.42 Å². The molecule has 0 fully saturated rings. The number of rotatable bonds is 4. The Morgan fingerprint density at radius 3 is 2.60 bits per heavy atom. The molecule has 5 heteroatoms. The Bertz CT molecular complexity index is 235. The molecule has 1 aliphatic heterocycles. The Balaban J connectivity index is 2.51. The van der Waals surface area contributed by atoms with E-state index in [1.54, 1.807) is 0 Å². The first-order chi connectivity index (χ1) is 6.95. The third kappa shape index (κ3) is 3.39. The highest BCUT2D eigenvalue weighted by atomic mass is 19.4. The number of hydrogen-bond acceptors (Lipinski definition) is 2. The third-order valence-corrected chi connectivity index (χ3v) is 2.75. The van der Waals surface area contributed by atoms with Crippen molar-refractivity contribution in [1.82, 2.24) is 0 Å². The standard InChI is InChI=1S/C10H17F3N2/c1-2-3-4-5-8-7(10(11,12)13)6-9(14)15-8/h7-8H,2-6H2,1H3,(H2,14,15)/t7-,8+/m0/s1. The molecule has 1 rings (SSSR count). The molecule has 2 N–H and O–H groups in total. The van der Waals surface area contributed by atoms with Gasteiger partial charge in [-0.15, -0.1) is 0 Å². The summed E-state index contributed by atoms with van der Waals surface area (Å²) in [7, 11) is 0. The smallest absolute Gasteiger partial charge is 0.387 e. The average Bonchev–Trinajstić information content (AvgIpc) is 2.47. The van der Waals surface area contributed by atoms with Crippen LogP contribution in [0, 0.1) is 5.92 Å². The summed E-state index contributed by atoms with van der Waals surface area (Å²) in [5, 5.41) is 0. The second-order valence-electron chi connectivity index (χ2n) is 4.04. The van der Waals surface area contributed by atoms with Crippen molar-refractivity contribution in [3.8, 4) is 0 Å². The maximum atomic E-state index is 12.6. The first-order valence-corrected chi connectivity index (χ1v) is 5.34. The van der Waals surface area contributed by atoms with Crippen LogP contribution in [0.25, 0.3) is 0 Å². The van der Waals surface area contributed by atoms with Crippen molar-refractivity contribution in [1.29, 1.82) is 0 Å². The van der Waals surface area contributed by atoms with Crippen LogP contribution in [0.3, 0.4) is 0 Å². The van der Waals surface area contributed by atoms with E-state index < -0.39 is 18.1 Å². The highest BCUT2D eigenvalue weighted by Crippen LogP contribution is 2.37. The van der Waals surface area contributed by atoms with Crippen LogP contribution in [-0.2, 0) is 0 Å². The molecule has 0 unspecified atom stereocenters. The highest BCUT2D eigenvalue weighted by molar-refractivity contribution is 5.82. The van der Waals surface area contributed by atoms with Gasteiger partial charge in [-0.3, -0.25) is 4.99 Å². The fourth-order valence-corrected chi connectivity index (χ4v) is 1.92. The van der Waals surface area contributed by atoms with Crippen LogP contribution in [0.5, 0.6) is 0 Å². The summed E-state index contributed by atoms with van der Waals surface area (Å²) in [5.74, 6) is -1.20. The Morgan fingerprint density at radius 2 is 2.07 bits per heavy atom. The van der Waals surface area contributed by atoms with E-state index in [9.17, 15) is 13.2 Å². The van der Waals surface area contributed by atoms with Gasteiger partial charge in [-0.2, -0.15) is 13.2 Å². The van der Waals surface area contributed by atoms with E-state index in [0.717, 1.165) is 19.3 Å². The van der Waals surface area contributed by atoms with Crippen LogP contribution < -0.4 is 5.73 Å². The molecule has 0 aromatic heterocycles. The van der Waals surface area contributed by atoms with E-state index >= 15 is 0 Å². The quantitative estimate of drug-likeness (QED) is 0.730. The van der Waals surface area contributed by atoms with Crippen LogP contribution in [0.4, 0.5) is 13.2 Å². The molecule has 0 saturated carbocycles. The number of alkyl halides is 3. The fourth-order valence-electron chi connectivity index (χ4n) is 1.92. The number of amidine groups is 1. The predicted molar refractivity (Wildman–Crippen MR) is 53.7 cm³/mol. The Labute approximate surface area is 87.7 Å². The first kappa shape index (κ1) is 12.3. The van der Waals surface area contributed by atoms with Gasteiger partial charge in [0.05, 0.1) is 17.8 Å². The SMILES string of the molecule is CCCCC[C@H]1N=C(N)C[C@@H]1C(F)(F)F. The maximum Gasteiger partial charge on any atom is 0.394 e. The minimum Gasteiger partial charge on any atom is -0.387 e. The van der Waals surface area contributed by atoms with Crippen LogP contribution in [0.2, 0.25) is 0 Å². The summed E-state index contributed by atoms with van der Waals surface area (Å²) < 4.78 is 37.7. The zero-order valence-electron chi connectivity index (χ0n) is 8.85. The first-order valence-electron chi connectivity index (χ1n) is 5.34.